The summed E-state index contributed by atoms with van der Waals surface area (Å²) >= 11 is 0. The van der Waals surface area contributed by atoms with Crippen LogP contribution in [0.25, 0.3) is 0 Å². The molecule has 94 valence electrons. The summed E-state index contributed by atoms with van der Waals surface area (Å²) in [5.41, 5.74) is 0. The highest BCUT2D eigenvalue weighted by molar-refractivity contribution is 5.75. The third-order valence-corrected chi connectivity index (χ3v) is 1.85. The lowest BCUT2D eigenvalue weighted by atomic mass is 10.0. The van der Waals surface area contributed by atoms with Crippen LogP contribution in [0.2, 0.25) is 0 Å². The van der Waals surface area contributed by atoms with Gasteiger partial charge in [0, 0.05) is 0 Å². The molecule has 0 rings (SSSR count). The molecular weight excluding hydrogens is 220 g/mol. The van der Waals surface area contributed by atoms with E-state index in [1.165, 1.54) is 0 Å². The first-order valence-corrected chi connectivity index (χ1v) is 4.79. The van der Waals surface area contributed by atoms with E-state index in [-0.39, 0.29) is 12.9 Å². The van der Waals surface area contributed by atoms with Crippen molar-refractivity contribution in [1.29, 1.82) is 0 Å². The number of hydrogen-bond acceptors (Lipinski definition) is 7. The van der Waals surface area contributed by atoms with Crippen molar-refractivity contribution in [2.75, 3.05) is 6.61 Å². The van der Waals surface area contributed by atoms with Gasteiger partial charge in [0.25, 0.3) is 0 Å². The molecule has 0 unspecified atom stereocenters. The summed E-state index contributed by atoms with van der Waals surface area (Å²) in [5, 5.41) is 36.4. The fraction of sp³-hybridized carbons (Fsp3) is 0.778. The molecule has 16 heavy (non-hydrogen) atoms. The Morgan fingerprint density at radius 3 is 2.25 bits per heavy atom. The van der Waals surface area contributed by atoms with Crippen molar-refractivity contribution in [1.82, 2.24) is 0 Å². The lowest BCUT2D eigenvalue weighted by Crippen LogP contribution is -2.48. The summed E-state index contributed by atoms with van der Waals surface area (Å²) in [4.78, 5) is 21.1. The highest BCUT2D eigenvalue weighted by Gasteiger charge is 2.35. The van der Waals surface area contributed by atoms with Crippen LogP contribution < -0.4 is 0 Å². The molecule has 0 saturated carbocycles. The van der Waals surface area contributed by atoms with Crippen LogP contribution in [0, 0.1) is 0 Å². The topological polar surface area (TPSA) is 124 Å². The molecule has 0 spiro atoms. The molecule has 7 heteroatoms. The summed E-state index contributed by atoms with van der Waals surface area (Å²) in [7, 11) is 0. The Morgan fingerprint density at radius 1 is 1.25 bits per heavy atom. The second-order valence-electron chi connectivity index (χ2n) is 3.22. The first kappa shape index (κ1) is 15.0. The van der Waals surface area contributed by atoms with Crippen LogP contribution in [0.3, 0.4) is 0 Å². The minimum Gasteiger partial charge on any atom is -0.464 e. The van der Waals surface area contributed by atoms with E-state index < -0.39 is 30.4 Å². The van der Waals surface area contributed by atoms with Crippen molar-refractivity contribution in [3.8, 4) is 0 Å². The zero-order valence-corrected chi connectivity index (χ0v) is 8.81. The van der Waals surface area contributed by atoms with E-state index >= 15 is 0 Å². The molecule has 0 aliphatic rings. The normalized spacial score (nSPS) is 18.3. The Labute approximate surface area is 92.3 Å². The maximum Gasteiger partial charge on any atom is 0.337 e. The molecule has 4 N–H and O–H groups in total. The number of hydrogen-bond donors (Lipinski definition) is 4. The molecule has 0 aromatic carbocycles. The van der Waals surface area contributed by atoms with Gasteiger partial charge in [-0.1, -0.05) is 6.92 Å². The third-order valence-electron chi connectivity index (χ3n) is 1.85. The first-order valence-electron chi connectivity index (χ1n) is 4.79. The number of aliphatic hydroxyl groups is 4. The van der Waals surface area contributed by atoms with Crippen molar-refractivity contribution >= 4 is 12.3 Å². The van der Waals surface area contributed by atoms with E-state index in [1.54, 1.807) is 6.92 Å². The van der Waals surface area contributed by atoms with Crippen LogP contribution >= 0.6 is 0 Å². The highest BCUT2D eigenvalue weighted by Crippen LogP contribution is 2.05. The van der Waals surface area contributed by atoms with E-state index in [0.29, 0.717) is 6.42 Å². The van der Waals surface area contributed by atoms with Gasteiger partial charge in [-0.25, -0.2) is 4.79 Å². The van der Waals surface area contributed by atoms with Gasteiger partial charge < -0.3 is 30.0 Å². The number of ether oxygens (including phenoxy) is 1. The van der Waals surface area contributed by atoms with Crippen molar-refractivity contribution in [3.05, 3.63) is 0 Å². The van der Waals surface area contributed by atoms with Gasteiger partial charge in [-0.15, -0.1) is 0 Å². The zero-order valence-electron chi connectivity index (χ0n) is 8.81. The third kappa shape index (κ3) is 4.23. The fourth-order valence-electron chi connectivity index (χ4n) is 0.897. The predicted octanol–water partition coefficient (Wildman–Crippen LogP) is -2.42. The van der Waals surface area contributed by atoms with Crippen LogP contribution in [-0.4, -0.2) is 63.7 Å². The summed E-state index contributed by atoms with van der Waals surface area (Å²) in [6.07, 6.45) is -7.28. The summed E-state index contributed by atoms with van der Waals surface area (Å²) in [5.74, 6) is -1.12. The Balaban J connectivity index is 4.30. The predicted molar refractivity (Wildman–Crippen MR) is 51.3 cm³/mol. The summed E-state index contributed by atoms with van der Waals surface area (Å²) < 4.78 is 4.51. The minimum atomic E-state index is -2.00. The van der Waals surface area contributed by atoms with Gasteiger partial charge in [0.2, 0.25) is 0 Å². The maximum absolute atomic E-state index is 11.0. The van der Waals surface area contributed by atoms with Crippen LogP contribution in [0.5, 0.6) is 0 Å². The Hall–Kier alpha value is -1.02. The Bertz CT molecular complexity index is 230. The van der Waals surface area contributed by atoms with Crippen LogP contribution in [0.4, 0.5) is 0 Å². The van der Waals surface area contributed by atoms with Crippen LogP contribution in [-0.2, 0) is 14.3 Å². The minimum absolute atomic E-state index is 0.0159. The van der Waals surface area contributed by atoms with E-state index in [1.807, 2.05) is 0 Å². The standard InChI is InChI=1S/C9H16O7/c1-2-3-16-9(15)8(14)7(13)6(12)5(11)4-10/h4-8,11-14H,2-3H2,1H3/t5-,6+,7+,8+/m1/s1. The van der Waals surface area contributed by atoms with E-state index in [2.05, 4.69) is 4.74 Å². The molecule has 0 saturated heterocycles. The number of aliphatic hydroxyl groups excluding tert-OH is 4. The second-order valence-corrected chi connectivity index (χ2v) is 3.22. The number of rotatable bonds is 7. The van der Waals surface area contributed by atoms with Gasteiger partial charge >= 0.3 is 5.97 Å². The van der Waals surface area contributed by atoms with Crippen molar-refractivity contribution < 1.29 is 34.8 Å². The van der Waals surface area contributed by atoms with Crippen molar-refractivity contribution in [3.63, 3.8) is 0 Å². The fourth-order valence-corrected chi connectivity index (χ4v) is 0.897. The maximum atomic E-state index is 11.0. The molecule has 4 atom stereocenters. The van der Waals surface area contributed by atoms with E-state index in [4.69, 9.17) is 10.2 Å². The largest absolute Gasteiger partial charge is 0.464 e. The molecule has 0 aromatic rings. The molecule has 7 nitrogen and oxygen atoms in total. The van der Waals surface area contributed by atoms with Crippen LogP contribution in [0.15, 0.2) is 0 Å². The molecule has 0 amide bonds. The molecule has 0 aliphatic carbocycles. The average Bonchev–Trinajstić information content (AvgIpc) is 2.31. The van der Waals surface area contributed by atoms with E-state index in [9.17, 15) is 19.8 Å². The van der Waals surface area contributed by atoms with Gasteiger partial charge in [-0.3, -0.25) is 0 Å². The highest BCUT2D eigenvalue weighted by atomic mass is 16.5. The van der Waals surface area contributed by atoms with Crippen molar-refractivity contribution in [2.24, 2.45) is 0 Å². The Kier molecular flexibility index (Phi) is 6.82. The summed E-state index contributed by atoms with van der Waals surface area (Å²) in [6.45, 7) is 1.80. The molecular formula is C9H16O7. The van der Waals surface area contributed by atoms with Gasteiger partial charge in [0.1, 0.15) is 18.3 Å². The Morgan fingerprint density at radius 2 is 1.81 bits per heavy atom. The molecule has 0 bridgehead atoms. The number of esters is 1. The van der Waals surface area contributed by atoms with Gasteiger partial charge in [0.05, 0.1) is 6.61 Å². The smallest absolute Gasteiger partial charge is 0.337 e. The number of aldehydes is 1. The lowest BCUT2D eigenvalue weighted by Gasteiger charge is -2.22. The van der Waals surface area contributed by atoms with Crippen molar-refractivity contribution in [2.45, 2.75) is 37.8 Å². The van der Waals surface area contributed by atoms with E-state index in [0.717, 1.165) is 0 Å². The molecule has 0 aromatic heterocycles. The SMILES string of the molecule is CCCOC(=O)[C@@H](O)[C@@H](O)[C@@H](O)[C@H](O)C=O. The molecule has 0 aliphatic heterocycles. The zero-order chi connectivity index (χ0) is 12.7. The average molecular weight is 236 g/mol. The first-order chi connectivity index (χ1) is 7.45. The quantitative estimate of drug-likeness (QED) is 0.286. The van der Waals surface area contributed by atoms with Gasteiger partial charge in [0.15, 0.2) is 12.4 Å². The van der Waals surface area contributed by atoms with Crippen LogP contribution in [0.1, 0.15) is 13.3 Å². The second kappa shape index (κ2) is 7.29. The molecule has 0 heterocycles. The number of carbonyl (C=O) groups excluding carboxylic acids is 2. The monoisotopic (exact) mass is 236 g/mol. The number of carbonyl (C=O) groups is 2. The summed E-state index contributed by atoms with van der Waals surface area (Å²) in [6, 6.07) is 0. The van der Waals surface area contributed by atoms with Gasteiger partial charge in [-0.05, 0) is 6.42 Å². The van der Waals surface area contributed by atoms with Gasteiger partial charge in [-0.2, -0.15) is 0 Å². The lowest BCUT2D eigenvalue weighted by molar-refractivity contribution is -0.169. The molecule has 0 radical (unpaired) electrons. The molecule has 0 fully saturated rings.